The first-order valence-corrected chi connectivity index (χ1v) is 5.27. The van der Waals surface area contributed by atoms with Crippen LogP contribution in [0.15, 0.2) is 36.0 Å². The van der Waals surface area contributed by atoms with Crippen LogP contribution in [0.25, 0.3) is 0 Å². The van der Waals surface area contributed by atoms with Gasteiger partial charge in [0, 0.05) is 0 Å². The van der Waals surface area contributed by atoms with E-state index in [1.165, 1.54) is 12.1 Å². The second-order valence-corrected chi connectivity index (χ2v) is 3.37. The number of nitriles is 1. The second-order valence-electron chi connectivity index (χ2n) is 3.04. The van der Waals surface area contributed by atoms with Gasteiger partial charge in [0.2, 0.25) is 0 Å². The monoisotopic (exact) mass is 310 g/mol. The van der Waals surface area contributed by atoms with E-state index in [1.807, 2.05) is 6.07 Å². The first kappa shape index (κ1) is 13.7. The van der Waals surface area contributed by atoms with E-state index in [2.05, 4.69) is 25.4 Å². The zero-order chi connectivity index (χ0) is 13.5. The Bertz CT molecular complexity index is 548. The van der Waals surface area contributed by atoms with E-state index >= 15 is 0 Å². The van der Waals surface area contributed by atoms with Crippen LogP contribution in [0.2, 0.25) is 0 Å². The number of carbonyl (C=O) groups is 2. The molecule has 0 heterocycles. The van der Waals surface area contributed by atoms with Crippen molar-refractivity contribution in [2.45, 2.75) is 0 Å². The Morgan fingerprint density at radius 2 is 2.11 bits per heavy atom. The summed E-state index contributed by atoms with van der Waals surface area (Å²) in [6, 6.07) is 8.21. The molecule has 0 fully saturated rings. The minimum absolute atomic E-state index is 0.261. The maximum absolute atomic E-state index is 11.0. The molecule has 0 saturated heterocycles. The molecule has 0 aliphatic heterocycles. The third-order valence-corrected chi connectivity index (χ3v) is 2.20. The largest absolute Gasteiger partial charge is 0.477 e. The lowest BCUT2D eigenvalue weighted by atomic mass is 10.2. The summed E-state index contributed by atoms with van der Waals surface area (Å²) >= 11 is 2.44. The summed E-state index contributed by atoms with van der Waals surface area (Å²) < 4.78 is 4.15. The molecule has 0 saturated carbocycles. The minimum atomic E-state index is -1.35. The highest BCUT2D eigenvalue weighted by atomic mass is 79.9. The molecule has 18 heavy (non-hydrogen) atoms. The normalized spacial score (nSPS) is 10.3. The number of carboxylic acid groups (broad SMARTS) is 1. The lowest BCUT2D eigenvalue weighted by Gasteiger charge is -2.07. The summed E-state index contributed by atoms with van der Waals surface area (Å²) in [5.74, 6) is -2.23. The molecule has 0 aliphatic rings. The molecule has 7 heteroatoms. The van der Waals surface area contributed by atoms with Crippen LogP contribution in [0.3, 0.4) is 0 Å². The summed E-state index contributed by atoms with van der Waals surface area (Å²) in [6.07, 6.45) is 0.755. The Morgan fingerprint density at radius 1 is 1.44 bits per heavy atom. The molecular weight excluding hydrogens is 304 g/mol. The van der Waals surface area contributed by atoms with Gasteiger partial charge in [-0.15, -0.1) is 0 Å². The number of hydrogen-bond acceptors (Lipinski definition) is 5. The molecule has 6 nitrogen and oxygen atoms in total. The summed E-state index contributed by atoms with van der Waals surface area (Å²) in [6.45, 7) is 0. The molecular formula is C11H7BrN2O4. The fraction of sp³-hybridized carbons (Fsp3) is 0. The lowest BCUT2D eigenvalue weighted by molar-refractivity contribution is -0.133. The zero-order valence-corrected chi connectivity index (χ0v) is 10.5. The van der Waals surface area contributed by atoms with Gasteiger partial charge in [-0.1, -0.05) is 12.1 Å². The van der Waals surface area contributed by atoms with E-state index in [9.17, 15) is 9.59 Å². The van der Waals surface area contributed by atoms with Crippen molar-refractivity contribution in [3.63, 3.8) is 0 Å². The number of para-hydroxylation sites is 1. The molecule has 0 aliphatic carbocycles. The van der Waals surface area contributed by atoms with E-state index in [1.54, 1.807) is 12.1 Å². The van der Waals surface area contributed by atoms with Crippen molar-refractivity contribution < 1.29 is 18.5 Å². The number of aliphatic carboxylic acids is 1. The molecule has 92 valence electrons. The third kappa shape index (κ3) is 3.61. The van der Waals surface area contributed by atoms with Gasteiger partial charge >= 0.3 is 11.9 Å². The maximum Gasteiger partial charge on any atom is 0.352 e. The molecule has 1 rings (SSSR count). The van der Waals surface area contributed by atoms with Gasteiger partial charge in [-0.05, 0) is 12.1 Å². The van der Waals surface area contributed by atoms with E-state index in [4.69, 9.17) is 10.4 Å². The van der Waals surface area contributed by atoms with Crippen molar-refractivity contribution in [3.8, 4) is 6.07 Å². The predicted molar refractivity (Wildman–Crippen MR) is 65.5 cm³/mol. The first-order chi connectivity index (χ1) is 8.58. The van der Waals surface area contributed by atoms with Gasteiger partial charge in [-0.2, -0.15) is 5.26 Å². The van der Waals surface area contributed by atoms with Gasteiger partial charge < -0.3 is 14.3 Å². The fourth-order valence-corrected chi connectivity index (χ4v) is 1.22. The van der Waals surface area contributed by atoms with Crippen molar-refractivity contribution in [2.75, 3.05) is 5.32 Å². The molecule has 0 aromatic heterocycles. The Kier molecular flexibility index (Phi) is 4.90. The standard InChI is InChI=1S/C11H7BrN2O4/c12-18-10(15)5-9(11(16)17)14-8-4-2-1-3-7(8)6-13/h1-5,14H,(H,16,17). The quantitative estimate of drug-likeness (QED) is 0.822. The Balaban J connectivity index is 3.06. The molecule has 2 N–H and O–H groups in total. The molecule has 0 unspecified atom stereocenters. The SMILES string of the molecule is N#Cc1ccccc1NC(=CC(=O)OBr)C(=O)O. The number of benzene rings is 1. The number of halogens is 1. The van der Waals surface area contributed by atoms with Gasteiger partial charge in [0.25, 0.3) is 0 Å². The van der Waals surface area contributed by atoms with Crippen molar-refractivity contribution in [1.82, 2.24) is 0 Å². The van der Waals surface area contributed by atoms with Gasteiger partial charge in [-0.3, -0.25) is 0 Å². The highest BCUT2D eigenvalue weighted by molar-refractivity contribution is 9.06. The van der Waals surface area contributed by atoms with Crippen LogP contribution >= 0.6 is 16.3 Å². The maximum atomic E-state index is 11.0. The van der Waals surface area contributed by atoms with Crippen molar-refractivity contribution in [2.24, 2.45) is 0 Å². The average Bonchev–Trinajstić information content (AvgIpc) is 2.38. The number of nitrogens with one attached hydrogen (secondary N) is 1. The third-order valence-electron chi connectivity index (χ3n) is 1.89. The molecule has 1 aromatic carbocycles. The molecule has 0 amide bonds. The number of carbonyl (C=O) groups excluding carboxylic acids is 1. The smallest absolute Gasteiger partial charge is 0.352 e. The topological polar surface area (TPSA) is 99.4 Å². The zero-order valence-electron chi connectivity index (χ0n) is 8.88. The lowest BCUT2D eigenvalue weighted by Crippen LogP contribution is -2.13. The van der Waals surface area contributed by atoms with Crippen molar-refractivity contribution >= 4 is 33.9 Å². The number of hydrogen-bond donors (Lipinski definition) is 2. The minimum Gasteiger partial charge on any atom is -0.477 e. The Hall–Kier alpha value is -2.33. The van der Waals surface area contributed by atoms with Crippen molar-refractivity contribution in [1.29, 1.82) is 5.26 Å². The van der Waals surface area contributed by atoms with Crippen LogP contribution in [0, 0.1) is 11.3 Å². The number of rotatable bonds is 4. The van der Waals surface area contributed by atoms with Crippen LogP contribution in [0.1, 0.15) is 5.56 Å². The fourth-order valence-electron chi connectivity index (χ4n) is 1.13. The molecule has 0 radical (unpaired) electrons. The van der Waals surface area contributed by atoms with Crippen molar-refractivity contribution in [3.05, 3.63) is 41.6 Å². The second kappa shape index (κ2) is 6.42. The summed E-state index contributed by atoms with van der Waals surface area (Å²) in [5.41, 5.74) is 0.148. The van der Waals surface area contributed by atoms with E-state index in [-0.39, 0.29) is 11.3 Å². The molecule has 0 bridgehead atoms. The first-order valence-electron chi connectivity index (χ1n) is 4.62. The van der Waals surface area contributed by atoms with E-state index in [0.717, 1.165) is 6.08 Å². The van der Waals surface area contributed by atoms with Gasteiger partial charge in [-0.25, -0.2) is 9.59 Å². The van der Waals surface area contributed by atoms with Gasteiger partial charge in [0.05, 0.1) is 17.3 Å². The number of anilines is 1. The highest BCUT2D eigenvalue weighted by Crippen LogP contribution is 2.16. The average molecular weight is 311 g/mol. The summed E-state index contributed by atoms with van der Waals surface area (Å²) in [4.78, 5) is 21.9. The summed E-state index contributed by atoms with van der Waals surface area (Å²) in [7, 11) is 0. The Labute approximate surface area is 111 Å². The van der Waals surface area contributed by atoms with E-state index in [0.29, 0.717) is 0 Å². The number of nitrogens with zero attached hydrogens (tertiary/aromatic N) is 1. The molecule has 1 aromatic rings. The summed E-state index contributed by atoms with van der Waals surface area (Å²) in [5, 5.41) is 20.2. The molecule has 0 spiro atoms. The van der Waals surface area contributed by atoms with E-state index < -0.39 is 17.6 Å². The highest BCUT2D eigenvalue weighted by Gasteiger charge is 2.12. The van der Waals surface area contributed by atoms with Crippen LogP contribution in [0.4, 0.5) is 5.69 Å². The number of carboxylic acids is 1. The predicted octanol–water partition coefficient (Wildman–Crippen LogP) is 1.79. The van der Waals surface area contributed by atoms with Crippen LogP contribution in [0.5, 0.6) is 0 Å². The van der Waals surface area contributed by atoms with Gasteiger partial charge in [0.15, 0.2) is 16.3 Å². The van der Waals surface area contributed by atoms with Crippen LogP contribution in [-0.2, 0) is 13.4 Å². The van der Waals surface area contributed by atoms with Crippen LogP contribution < -0.4 is 5.32 Å². The van der Waals surface area contributed by atoms with Crippen LogP contribution in [-0.4, -0.2) is 17.0 Å². The Morgan fingerprint density at radius 3 is 2.67 bits per heavy atom. The molecule has 0 atom stereocenters. The van der Waals surface area contributed by atoms with Gasteiger partial charge in [0.1, 0.15) is 11.8 Å².